The normalized spacial score (nSPS) is 30.8. The third kappa shape index (κ3) is 7.84. The molecule has 2 aromatic heterocycles. The highest BCUT2D eigenvalue weighted by Gasteiger charge is 2.50. The summed E-state index contributed by atoms with van der Waals surface area (Å²) in [5.74, 6) is -0.966. The highest BCUT2D eigenvalue weighted by atomic mass is 31.3. The minimum absolute atomic E-state index is 0.0437. The number of nitrogens with two attached hydrogens (primary N) is 2. The number of phosphoric acid groups is 2. The average Bonchev–Trinajstić information content (AvgIpc) is 3.43. The zero-order chi connectivity index (χ0) is 33.3. The van der Waals surface area contributed by atoms with E-state index in [0.29, 0.717) is 0 Å². The molecule has 0 bridgehead atoms. The number of hydrogen-bond donors (Lipinski definition) is 9. The molecule has 10 unspecified atom stereocenters. The minimum atomic E-state index is -5.40. The molecule has 2 aliphatic rings. The molecule has 0 aliphatic carbocycles. The Bertz CT molecular complexity index is 1510. The number of pyridine rings is 1. The number of rotatable bonds is 13. The van der Waals surface area contributed by atoms with Gasteiger partial charge in [-0.05, 0) is 6.07 Å². The molecule has 10 atom stereocenters. The Hall–Kier alpha value is -3.08. The summed E-state index contributed by atoms with van der Waals surface area (Å²) in [4.78, 5) is 40.3. The van der Waals surface area contributed by atoms with Crippen LogP contribution in [0.3, 0.4) is 0 Å². The van der Waals surface area contributed by atoms with Gasteiger partial charge in [0.25, 0.3) is 12.1 Å². The maximum Gasteiger partial charge on any atom is 0.481 e. The van der Waals surface area contributed by atoms with Crippen LogP contribution in [-0.2, 0) is 32.0 Å². The largest absolute Gasteiger partial charge is 0.481 e. The number of hydrogen-bond acceptors (Lipinski definition) is 18. The monoisotopic (exact) mass is 681 g/mol. The van der Waals surface area contributed by atoms with E-state index in [0.717, 1.165) is 6.33 Å². The minimum Gasteiger partial charge on any atom is -0.387 e. The Kier molecular flexibility index (Phi) is 10.6. The Morgan fingerprint density at radius 3 is 2.27 bits per heavy atom. The second kappa shape index (κ2) is 13.7. The van der Waals surface area contributed by atoms with Crippen LogP contribution in [-0.4, -0.2) is 109 Å². The SMILES string of the molecule is CN(c1ncnc(N)c1N=N)C1OC(COP(=O)(O)OP(=O)(O)OCC2OC([n+]3cccc(C(N)=O)c3)C(O)C2O)C(O)C1O. The number of nitrogen functional groups attached to an aromatic ring is 1. The van der Waals surface area contributed by atoms with Gasteiger partial charge in [-0.3, -0.25) is 13.8 Å². The standard InChI is InChI=1S/C21H30N8O14P2/c1-28(19-12(27-24)17(22)25-8-26-19)20-15(32)13(30)10(41-20)6-39-44(35,36)43-45(37,38)40-7-11-14(31)16(33)21(42-11)29-4-2-3-9(5-29)18(23)34/h2-5,8,10-11,13-16,20-21,30-33H,6-7H2,1H3,(H6-,22,23,24,25,26,34,35,36,37,38)/p+1. The van der Waals surface area contributed by atoms with Gasteiger partial charge in [-0.25, -0.2) is 24.6 Å². The highest BCUT2D eigenvalue weighted by molar-refractivity contribution is 7.61. The van der Waals surface area contributed by atoms with Gasteiger partial charge >= 0.3 is 15.6 Å². The zero-order valence-corrected chi connectivity index (χ0v) is 24.9. The molecule has 4 rings (SSSR count). The molecule has 0 radical (unpaired) electrons. The lowest BCUT2D eigenvalue weighted by atomic mass is 10.1. The maximum absolute atomic E-state index is 12.4. The smallest absolute Gasteiger partial charge is 0.387 e. The molecule has 22 nitrogen and oxygen atoms in total. The van der Waals surface area contributed by atoms with E-state index in [4.69, 9.17) is 26.5 Å². The Morgan fingerprint density at radius 2 is 1.67 bits per heavy atom. The number of aliphatic hydroxyl groups excluding tert-OH is 4. The molecular weight excluding hydrogens is 650 g/mol. The molecule has 0 saturated carbocycles. The average molecular weight is 681 g/mol. The lowest BCUT2D eigenvalue weighted by Crippen LogP contribution is -2.46. The molecule has 2 fully saturated rings. The predicted molar refractivity (Wildman–Crippen MR) is 144 cm³/mol. The number of aliphatic hydroxyl groups is 4. The summed E-state index contributed by atoms with van der Waals surface area (Å²) in [6.45, 7) is -1.85. The van der Waals surface area contributed by atoms with Crippen molar-refractivity contribution in [2.75, 3.05) is 30.9 Å². The van der Waals surface area contributed by atoms with Crippen LogP contribution in [0.5, 0.6) is 0 Å². The fourth-order valence-corrected chi connectivity index (χ4v) is 6.57. The molecule has 11 N–H and O–H groups in total. The van der Waals surface area contributed by atoms with E-state index in [1.807, 2.05) is 0 Å². The summed E-state index contributed by atoms with van der Waals surface area (Å²) in [5, 5.41) is 44.9. The van der Waals surface area contributed by atoms with Gasteiger partial charge in [0.15, 0.2) is 42.0 Å². The van der Waals surface area contributed by atoms with Crippen molar-refractivity contribution >= 4 is 38.9 Å². The van der Waals surface area contributed by atoms with E-state index in [1.54, 1.807) is 0 Å². The van der Waals surface area contributed by atoms with Crippen LogP contribution in [0.2, 0.25) is 0 Å². The van der Waals surface area contributed by atoms with Gasteiger partial charge in [-0.2, -0.15) is 14.0 Å². The first-order valence-corrected chi connectivity index (χ1v) is 15.7. The van der Waals surface area contributed by atoms with Gasteiger partial charge < -0.3 is 56.1 Å². The second-order valence-corrected chi connectivity index (χ2v) is 12.8. The van der Waals surface area contributed by atoms with Crippen LogP contribution in [0.1, 0.15) is 16.6 Å². The van der Waals surface area contributed by atoms with Crippen LogP contribution < -0.4 is 20.9 Å². The molecule has 248 valence electrons. The zero-order valence-electron chi connectivity index (χ0n) is 23.2. The summed E-state index contributed by atoms with van der Waals surface area (Å²) in [7, 11) is -9.42. The van der Waals surface area contributed by atoms with E-state index < -0.39 is 83.8 Å². The molecule has 1 amide bonds. The predicted octanol–water partition coefficient (Wildman–Crippen LogP) is -2.44. The van der Waals surface area contributed by atoms with Crippen molar-refractivity contribution in [2.45, 2.75) is 49.1 Å². The first kappa shape index (κ1) is 34.8. The van der Waals surface area contributed by atoms with Crippen molar-refractivity contribution in [3.63, 3.8) is 0 Å². The lowest BCUT2D eigenvalue weighted by molar-refractivity contribution is -0.765. The summed E-state index contributed by atoms with van der Waals surface area (Å²) in [6.07, 6.45) is -8.42. The number of nitrogens with one attached hydrogen (secondary N) is 1. The van der Waals surface area contributed by atoms with Crippen molar-refractivity contribution in [1.29, 1.82) is 5.53 Å². The van der Waals surface area contributed by atoms with Crippen molar-refractivity contribution in [2.24, 2.45) is 10.8 Å². The van der Waals surface area contributed by atoms with E-state index in [2.05, 4.69) is 28.4 Å². The van der Waals surface area contributed by atoms with E-state index in [9.17, 15) is 44.1 Å². The molecule has 45 heavy (non-hydrogen) atoms. The number of phosphoric ester groups is 2. The van der Waals surface area contributed by atoms with E-state index in [-0.39, 0.29) is 22.9 Å². The number of carbonyl (C=O) groups is 1. The van der Waals surface area contributed by atoms with Crippen molar-refractivity contribution in [3.8, 4) is 0 Å². The Morgan fingerprint density at radius 1 is 1.07 bits per heavy atom. The van der Waals surface area contributed by atoms with Gasteiger partial charge in [0, 0.05) is 13.1 Å². The first-order chi connectivity index (χ1) is 21.0. The van der Waals surface area contributed by atoms with Crippen LogP contribution in [0.15, 0.2) is 36.0 Å². The molecule has 4 heterocycles. The Labute approximate surface area is 253 Å². The van der Waals surface area contributed by atoms with Crippen molar-refractivity contribution < 1.29 is 71.5 Å². The van der Waals surface area contributed by atoms with Crippen LogP contribution in [0.4, 0.5) is 17.3 Å². The lowest BCUT2D eigenvalue weighted by Gasteiger charge is -2.28. The first-order valence-electron chi connectivity index (χ1n) is 12.8. The molecule has 2 aliphatic heterocycles. The van der Waals surface area contributed by atoms with Crippen LogP contribution >= 0.6 is 15.6 Å². The molecule has 24 heteroatoms. The van der Waals surface area contributed by atoms with Crippen LogP contribution in [0.25, 0.3) is 0 Å². The fourth-order valence-electron chi connectivity index (χ4n) is 4.48. The number of amides is 1. The number of aromatic nitrogens is 3. The third-order valence-electron chi connectivity index (χ3n) is 6.74. The Balaban J connectivity index is 1.32. The molecule has 2 saturated heterocycles. The van der Waals surface area contributed by atoms with Gasteiger partial charge in [0.1, 0.15) is 42.4 Å². The van der Waals surface area contributed by atoms with Gasteiger partial charge in [-0.1, -0.05) is 0 Å². The third-order valence-corrected chi connectivity index (χ3v) is 9.35. The quantitative estimate of drug-likeness (QED) is 0.0602. The van der Waals surface area contributed by atoms with E-state index >= 15 is 0 Å². The fraction of sp³-hybridized carbons (Fsp3) is 0.524. The van der Waals surface area contributed by atoms with Gasteiger partial charge in [-0.15, -0.1) is 0 Å². The molecule has 0 aromatic carbocycles. The number of likely N-dealkylation sites (N-methyl/N-ethyl adjacent to an activating group) is 1. The summed E-state index contributed by atoms with van der Waals surface area (Å²) >= 11 is 0. The summed E-state index contributed by atoms with van der Waals surface area (Å²) < 4.78 is 50.7. The molecular formula is C21H31N8O14P2+. The summed E-state index contributed by atoms with van der Waals surface area (Å²) in [6, 6.07) is 2.82. The van der Waals surface area contributed by atoms with E-state index in [1.165, 1.54) is 41.0 Å². The molecule has 0 spiro atoms. The number of nitrogens with zero attached hydrogens (tertiary/aromatic N) is 5. The topological polar surface area (TPSA) is 340 Å². The van der Waals surface area contributed by atoms with Crippen molar-refractivity contribution in [1.82, 2.24) is 9.97 Å². The number of primary amides is 1. The summed E-state index contributed by atoms with van der Waals surface area (Å²) in [5.41, 5.74) is 18.1. The van der Waals surface area contributed by atoms with Crippen LogP contribution in [0, 0.1) is 5.53 Å². The number of ether oxygens (including phenoxy) is 2. The molecule has 2 aromatic rings. The van der Waals surface area contributed by atoms with Gasteiger partial charge in [0.2, 0.25) is 0 Å². The highest BCUT2D eigenvalue weighted by Crippen LogP contribution is 2.60. The number of anilines is 2. The number of carbonyl (C=O) groups excluding carboxylic acids is 1. The van der Waals surface area contributed by atoms with Gasteiger partial charge in [0.05, 0.1) is 13.2 Å². The second-order valence-electron chi connectivity index (χ2n) is 9.76. The maximum atomic E-state index is 12.4. The van der Waals surface area contributed by atoms with Crippen molar-refractivity contribution in [3.05, 3.63) is 36.4 Å².